The maximum Gasteiger partial charge on any atom is 0.329 e. The average Bonchev–Trinajstić information content (AvgIpc) is 2.85. The summed E-state index contributed by atoms with van der Waals surface area (Å²) >= 11 is 9.57. The summed E-state index contributed by atoms with van der Waals surface area (Å²) in [4.78, 5) is 25.0. The number of fused-ring (bicyclic) bond motifs is 1. The summed E-state index contributed by atoms with van der Waals surface area (Å²) in [6, 6.07) is 10.5. The molecule has 0 fully saturated rings. The third kappa shape index (κ3) is 3.12. The summed E-state index contributed by atoms with van der Waals surface area (Å²) in [6.45, 7) is 4.99. The van der Waals surface area contributed by atoms with Gasteiger partial charge in [-0.2, -0.15) is 0 Å². The van der Waals surface area contributed by atoms with Crippen LogP contribution in [-0.4, -0.2) is 15.0 Å². The van der Waals surface area contributed by atoms with Gasteiger partial charge in [0.1, 0.15) is 0 Å². The predicted octanol–water partition coefficient (Wildman–Crippen LogP) is 4.51. The maximum atomic E-state index is 12.5. The smallest absolute Gasteiger partial charge is 0.321 e. The number of aryl methyl sites for hydroxylation is 2. The van der Waals surface area contributed by atoms with Crippen LogP contribution in [0.5, 0.6) is 0 Å². The number of carbonyl (C=O) groups is 1. The van der Waals surface area contributed by atoms with Crippen LogP contribution in [0.25, 0.3) is 11.0 Å². The lowest BCUT2D eigenvalue weighted by Gasteiger charge is -2.10. The lowest BCUT2D eigenvalue weighted by molar-refractivity contribution is 0.102. The molecule has 0 aliphatic rings. The van der Waals surface area contributed by atoms with E-state index >= 15 is 0 Å². The van der Waals surface area contributed by atoms with Crippen molar-refractivity contribution < 1.29 is 4.79 Å². The van der Waals surface area contributed by atoms with E-state index in [0.717, 1.165) is 11.0 Å². The van der Waals surface area contributed by atoms with Crippen LogP contribution in [0.1, 0.15) is 24.2 Å². The molecule has 0 bridgehead atoms. The molecule has 2 aromatic carbocycles. The number of hydrogen-bond acceptors (Lipinski definition) is 2. The molecule has 1 N–H and O–H groups in total. The summed E-state index contributed by atoms with van der Waals surface area (Å²) in [5.74, 6) is -0.300. The molecular weight excluding hydrogens is 406 g/mol. The second-order valence-electron chi connectivity index (χ2n) is 5.53. The first-order chi connectivity index (χ1) is 12.0. The first-order valence-electron chi connectivity index (χ1n) is 7.96. The Labute approximate surface area is 158 Å². The molecule has 3 rings (SSSR count). The fourth-order valence-corrected chi connectivity index (χ4v) is 3.53. The molecule has 0 saturated heterocycles. The van der Waals surface area contributed by atoms with Crippen LogP contribution in [0, 0.1) is 0 Å². The maximum absolute atomic E-state index is 12.5. The highest BCUT2D eigenvalue weighted by molar-refractivity contribution is 9.10. The van der Waals surface area contributed by atoms with E-state index in [0.29, 0.717) is 33.8 Å². The van der Waals surface area contributed by atoms with Crippen LogP contribution in [0.2, 0.25) is 5.02 Å². The lowest BCUT2D eigenvalue weighted by Crippen LogP contribution is -2.23. The van der Waals surface area contributed by atoms with Gasteiger partial charge in [-0.3, -0.25) is 13.9 Å². The van der Waals surface area contributed by atoms with Crippen molar-refractivity contribution in [2.24, 2.45) is 0 Å². The molecule has 0 radical (unpaired) electrons. The van der Waals surface area contributed by atoms with Gasteiger partial charge in [-0.25, -0.2) is 4.79 Å². The van der Waals surface area contributed by atoms with Crippen LogP contribution in [0.4, 0.5) is 5.69 Å². The first kappa shape index (κ1) is 17.8. The third-order valence-corrected chi connectivity index (χ3v) is 5.09. The number of anilines is 1. The van der Waals surface area contributed by atoms with E-state index in [-0.39, 0.29) is 11.6 Å². The summed E-state index contributed by atoms with van der Waals surface area (Å²) in [6.07, 6.45) is 0. The predicted molar refractivity (Wildman–Crippen MR) is 105 cm³/mol. The second-order valence-corrected chi connectivity index (χ2v) is 6.79. The fraction of sp³-hybridized carbons (Fsp3) is 0.222. The van der Waals surface area contributed by atoms with Crippen molar-refractivity contribution >= 4 is 50.2 Å². The minimum atomic E-state index is -0.300. The minimum absolute atomic E-state index is 0.0542. The van der Waals surface area contributed by atoms with E-state index in [4.69, 9.17) is 11.6 Å². The number of nitrogens with zero attached hydrogens (tertiary/aromatic N) is 2. The largest absolute Gasteiger partial charge is 0.329 e. The van der Waals surface area contributed by atoms with Crippen molar-refractivity contribution in [3.05, 3.63) is 61.9 Å². The second kappa shape index (κ2) is 7.06. The normalized spacial score (nSPS) is 11.0. The number of nitrogens with one attached hydrogen (secondary N) is 1. The van der Waals surface area contributed by atoms with Gasteiger partial charge >= 0.3 is 5.69 Å². The van der Waals surface area contributed by atoms with Gasteiger partial charge in [0.15, 0.2) is 0 Å². The molecule has 0 aliphatic heterocycles. The standard InChI is InChI=1S/C18H17BrClN3O2/c1-3-22-15-9-12(19)14(10-16(15)23(4-2)18(22)25)21-17(24)11-7-5-6-8-13(11)20/h5-10H,3-4H2,1-2H3,(H,21,24). The molecule has 0 unspecified atom stereocenters. The highest BCUT2D eigenvalue weighted by atomic mass is 79.9. The van der Waals surface area contributed by atoms with E-state index in [1.165, 1.54) is 0 Å². The Balaban J connectivity index is 2.09. The van der Waals surface area contributed by atoms with Gasteiger partial charge in [-0.1, -0.05) is 23.7 Å². The summed E-state index contributed by atoms with van der Waals surface area (Å²) < 4.78 is 4.11. The molecular formula is C18H17BrClN3O2. The number of benzene rings is 2. The van der Waals surface area contributed by atoms with Crippen LogP contribution < -0.4 is 11.0 Å². The molecule has 1 heterocycles. The Morgan fingerprint density at radius 3 is 2.32 bits per heavy atom. The number of amides is 1. The van der Waals surface area contributed by atoms with Gasteiger partial charge in [0.2, 0.25) is 0 Å². The average molecular weight is 423 g/mol. The van der Waals surface area contributed by atoms with Gasteiger partial charge in [-0.05, 0) is 54.0 Å². The lowest BCUT2D eigenvalue weighted by atomic mass is 10.2. The molecule has 0 spiro atoms. The first-order valence-corrected chi connectivity index (χ1v) is 9.13. The molecule has 3 aromatic rings. The summed E-state index contributed by atoms with van der Waals surface area (Å²) in [5, 5.41) is 3.25. The monoisotopic (exact) mass is 421 g/mol. The molecule has 1 aromatic heterocycles. The highest BCUT2D eigenvalue weighted by Gasteiger charge is 2.16. The number of hydrogen-bond donors (Lipinski definition) is 1. The Bertz CT molecular complexity index is 1020. The zero-order chi connectivity index (χ0) is 18.1. The zero-order valence-corrected chi connectivity index (χ0v) is 16.2. The fourth-order valence-electron chi connectivity index (χ4n) is 2.88. The Hall–Kier alpha value is -2.05. The number of rotatable bonds is 4. The Kier molecular flexibility index (Phi) is 5.01. The van der Waals surface area contributed by atoms with Crippen LogP contribution in [0.15, 0.2) is 45.7 Å². The Morgan fingerprint density at radius 2 is 1.72 bits per heavy atom. The van der Waals surface area contributed by atoms with Crippen molar-refractivity contribution in [1.82, 2.24) is 9.13 Å². The number of carbonyl (C=O) groups excluding carboxylic acids is 1. The van der Waals surface area contributed by atoms with Gasteiger partial charge < -0.3 is 5.32 Å². The molecule has 130 valence electrons. The molecule has 0 aliphatic carbocycles. The molecule has 7 heteroatoms. The van der Waals surface area contributed by atoms with E-state index < -0.39 is 0 Å². The van der Waals surface area contributed by atoms with Crippen LogP contribution in [-0.2, 0) is 13.1 Å². The number of aromatic nitrogens is 2. The number of halogens is 2. The van der Waals surface area contributed by atoms with E-state index in [1.54, 1.807) is 33.4 Å². The van der Waals surface area contributed by atoms with E-state index in [2.05, 4.69) is 21.2 Å². The quantitative estimate of drug-likeness (QED) is 0.672. The van der Waals surface area contributed by atoms with Crippen molar-refractivity contribution in [3.8, 4) is 0 Å². The van der Waals surface area contributed by atoms with Crippen LogP contribution in [0.3, 0.4) is 0 Å². The van der Waals surface area contributed by atoms with Crippen molar-refractivity contribution in [2.75, 3.05) is 5.32 Å². The van der Waals surface area contributed by atoms with E-state index in [1.807, 2.05) is 26.0 Å². The minimum Gasteiger partial charge on any atom is -0.321 e. The van der Waals surface area contributed by atoms with Gasteiger partial charge in [0, 0.05) is 17.6 Å². The molecule has 25 heavy (non-hydrogen) atoms. The molecule has 5 nitrogen and oxygen atoms in total. The number of imidazole rings is 1. The van der Waals surface area contributed by atoms with Crippen molar-refractivity contribution in [2.45, 2.75) is 26.9 Å². The van der Waals surface area contributed by atoms with E-state index in [9.17, 15) is 9.59 Å². The molecule has 0 saturated carbocycles. The van der Waals surface area contributed by atoms with Crippen molar-refractivity contribution in [3.63, 3.8) is 0 Å². The zero-order valence-electron chi connectivity index (χ0n) is 13.8. The van der Waals surface area contributed by atoms with Gasteiger partial charge in [0.05, 0.1) is 27.3 Å². The summed E-state index contributed by atoms with van der Waals surface area (Å²) in [5.41, 5.74) is 2.55. The molecule has 1 amide bonds. The SMILES string of the molecule is CCn1c(=O)n(CC)c2cc(NC(=O)c3ccccc3Cl)c(Br)cc21. The topological polar surface area (TPSA) is 56.0 Å². The highest BCUT2D eigenvalue weighted by Crippen LogP contribution is 2.29. The van der Waals surface area contributed by atoms with Gasteiger partial charge in [0.25, 0.3) is 5.91 Å². The third-order valence-electron chi connectivity index (χ3n) is 4.11. The van der Waals surface area contributed by atoms with Gasteiger partial charge in [-0.15, -0.1) is 0 Å². The summed E-state index contributed by atoms with van der Waals surface area (Å²) in [7, 11) is 0. The van der Waals surface area contributed by atoms with Crippen molar-refractivity contribution in [1.29, 1.82) is 0 Å². The Morgan fingerprint density at radius 1 is 1.12 bits per heavy atom. The van der Waals surface area contributed by atoms with Crippen LogP contribution >= 0.6 is 27.5 Å². The molecule has 0 atom stereocenters.